The van der Waals surface area contributed by atoms with E-state index in [1.54, 1.807) is 12.1 Å². The first kappa shape index (κ1) is 18.0. The van der Waals surface area contributed by atoms with Gasteiger partial charge in [0.1, 0.15) is 5.75 Å². The third-order valence-electron chi connectivity index (χ3n) is 3.73. The molecule has 2 rings (SSSR count). The molecule has 1 aromatic rings. The largest absolute Gasteiger partial charge is 0.494 e. The average molecular weight is 341 g/mol. The number of amides is 1. The molecule has 1 aliphatic rings. The lowest BCUT2D eigenvalue weighted by Crippen LogP contribution is -2.39. The standard InChI is InChI=1S/C17H25ClN2O3/c1-20(13-17(21)19-12-16-4-2-10-23-16)9-3-11-22-15-7-5-14(18)6-8-15/h5-8,16H,2-4,9-13H2,1H3,(H,19,21). The number of nitrogens with one attached hydrogen (secondary N) is 1. The first-order valence-electron chi connectivity index (χ1n) is 8.08. The van der Waals surface area contributed by atoms with Crippen LogP contribution < -0.4 is 10.1 Å². The van der Waals surface area contributed by atoms with Crippen LogP contribution in [0.1, 0.15) is 19.3 Å². The lowest BCUT2D eigenvalue weighted by atomic mass is 10.2. The van der Waals surface area contributed by atoms with Crippen molar-refractivity contribution in [3.05, 3.63) is 29.3 Å². The van der Waals surface area contributed by atoms with E-state index in [9.17, 15) is 4.79 Å². The maximum atomic E-state index is 11.8. The number of ether oxygens (including phenoxy) is 2. The summed E-state index contributed by atoms with van der Waals surface area (Å²) >= 11 is 5.82. The molecule has 0 aromatic heterocycles. The molecule has 1 unspecified atom stereocenters. The van der Waals surface area contributed by atoms with E-state index in [-0.39, 0.29) is 12.0 Å². The van der Waals surface area contributed by atoms with Crippen molar-refractivity contribution in [1.29, 1.82) is 0 Å². The molecule has 6 heteroatoms. The molecule has 1 atom stereocenters. The van der Waals surface area contributed by atoms with Gasteiger partial charge in [-0.25, -0.2) is 0 Å². The van der Waals surface area contributed by atoms with Crippen molar-refractivity contribution in [2.24, 2.45) is 0 Å². The minimum Gasteiger partial charge on any atom is -0.494 e. The summed E-state index contributed by atoms with van der Waals surface area (Å²) in [4.78, 5) is 13.8. The Morgan fingerprint density at radius 2 is 2.22 bits per heavy atom. The Morgan fingerprint density at radius 1 is 1.43 bits per heavy atom. The quantitative estimate of drug-likeness (QED) is 0.701. The van der Waals surface area contributed by atoms with Crippen LogP contribution in [0, 0.1) is 0 Å². The molecule has 1 amide bonds. The van der Waals surface area contributed by atoms with Crippen LogP contribution >= 0.6 is 11.6 Å². The van der Waals surface area contributed by atoms with Gasteiger partial charge in [0.15, 0.2) is 0 Å². The maximum absolute atomic E-state index is 11.8. The van der Waals surface area contributed by atoms with Crippen LogP contribution in [0.3, 0.4) is 0 Å². The molecule has 0 bridgehead atoms. The summed E-state index contributed by atoms with van der Waals surface area (Å²) in [5.41, 5.74) is 0. The number of carbonyl (C=O) groups excluding carboxylic acids is 1. The van der Waals surface area contributed by atoms with Crippen LogP contribution in [-0.4, -0.2) is 56.8 Å². The second kappa shape index (κ2) is 9.75. The molecule has 0 radical (unpaired) electrons. The molecule has 128 valence electrons. The van der Waals surface area contributed by atoms with E-state index < -0.39 is 0 Å². The molecule has 1 aromatic carbocycles. The molecule has 5 nitrogen and oxygen atoms in total. The number of nitrogens with zero attached hydrogens (tertiary/aromatic N) is 1. The van der Waals surface area contributed by atoms with Gasteiger partial charge in [-0.1, -0.05) is 11.6 Å². The first-order chi connectivity index (χ1) is 11.1. The highest BCUT2D eigenvalue weighted by Crippen LogP contribution is 2.15. The molecular formula is C17H25ClN2O3. The number of benzene rings is 1. The molecule has 0 saturated carbocycles. The maximum Gasteiger partial charge on any atom is 0.234 e. The predicted molar refractivity (Wildman–Crippen MR) is 91.0 cm³/mol. The number of hydrogen-bond acceptors (Lipinski definition) is 4. The van der Waals surface area contributed by atoms with Gasteiger partial charge in [-0.2, -0.15) is 0 Å². The van der Waals surface area contributed by atoms with E-state index in [1.165, 1.54) is 0 Å². The van der Waals surface area contributed by atoms with Gasteiger partial charge in [0.05, 0.1) is 19.3 Å². The molecule has 0 aliphatic carbocycles. The molecular weight excluding hydrogens is 316 g/mol. The summed E-state index contributed by atoms with van der Waals surface area (Å²) in [5, 5.41) is 3.63. The zero-order valence-corrected chi connectivity index (χ0v) is 14.3. The molecule has 0 spiro atoms. The average Bonchev–Trinajstić information content (AvgIpc) is 3.05. The highest BCUT2D eigenvalue weighted by molar-refractivity contribution is 6.30. The first-order valence-corrected chi connectivity index (χ1v) is 8.46. The van der Waals surface area contributed by atoms with Crippen molar-refractivity contribution in [1.82, 2.24) is 10.2 Å². The fourth-order valence-corrected chi connectivity index (χ4v) is 2.59. The van der Waals surface area contributed by atoms with Crippen LogP contribution in [0.4, 0.5) is 0 Å². The third-order valence-corrected chi connectivity index (χ3v) is 3.98. The fraction of sp³-hybridized carbons (Fsp3) is 0.588. The second-order valence-corrected chi connectivity index (χ2v) is 6.27. The van der Waals surface area contributed by atoms with Crippen molar-refractivity contribution in [2.45, 2.75) is 25.4 Å². The Morgan fingerprint density at radius 3 is 2.91 bits per heavy atom. The zero-order valence-electron chi connectivity index (χ0n) is 13.6. The number of halogens is 1. The summed E-state index contributed by atoms with van der Waals surface area (Å²) in [6.45, 7) is 3.25. The van der Waals surface area contributed by atoms with Crippen molar-refractivity contribution in [3.63, 3.8) is 0 Å². The Balaban J connectivity index is 1.52. The minimum absolute atomic E-state index is 0.0432. The molecule has 1 fully saturated rings. The van der Waals surface area contributed by atoms with E-state index in [1.807, 2.05) is 24.1 Å². The van der Waals surface area contributed by atoms with Gasteiger partial charge in [-0.05, 0) is 50.6 Å². The SMILES string of the molecule is CN(CCCOc1ccc(Cl)cc1)CC(=O)NCC1CCCO1. The summed E-state index contributed by atoms with van der Waals surface area (Å²) in [7, 11) is 1.94. The van der Waals surface area contributed by atoms with Gasteiger partial charge >= 0.3 is 0 Å². The van der Waals surface area contributed by atoms with E-state index in [4.69, 9.17) is 21.1 Å². The number of carbonyl (C=O) groups is 1. The number of hydrogen-bond donors (Lipinski definition) is 1. The zero-order chi connectivity index (χ0) is 16.5. The van der Waals surface area contributed by atoms with Gasteiger partial charge in [-0.15, -0.1) is 0 Å². The summed E-state index contributed by atoms with van der Waals surface area (Å²) < 4.78 is 11.1. The topological polar surface area (TPSA) is 50.8 Å². The van der Waals surface area contributed by atoms with Gasteiger partial charge in [0.2, 0.25) is 5.91 Å². The summed E-state index contributed by atoms with van der Waals surface area (Å²) in [6, 6.07) is 7.32. The number of rotatable bonds is 9. The second-order valence-electron chi connectivity index (χ2n) is 5.83. The monoisotopic (exact) mass is 340 g/mol. The Hall–Kier alpha value is -1.30. The van der Waals surface area contributed by atoms with Gasteiger partial charge in [-0.3, -0.25) is 9.69 Å². The highest BCUT2D eigenvalue weighted by Gasteiger charge is 2.16. The highest BCUT2D eigenvalue weighted by atomic mass is 35.5. The van der Waals surface area contributed by atoms with E-state index in [2.05, 4.69) is 5.32 Å². The van der Waals surface area contributed by atoms with Crippen molar-refractivity contribution in [2.75, 3.05) is 39.9 Å². The van der Waals surface area contributed by atoms with Crippen LogP contribution in [0.25, 0.3) is 0 Å². The van der Waals surface area contributed by atoms with E-state index in [0.29, 0.717) is 24.7 Å². The van der Waals surface area contributed by atoms with Crippen molar-refractivity contribution in [3.8, 4) is 5.75 Å². The van der Waals surface area contributed by atoms with Crippen LogP contribution in [0.5, 0.6) is 5.75 Å². The summed E-state index contributed by atoms with van der Waals surface area (Å²) in [6.07, 6.45) is 3.18. The van der Waals surface area contributed by atoms with Gasteiger partial charge < -0.3 is 14.8 Å². The van der Waals surface area contributed by atoms with Gasteiger partial charge in [0, 0.05) is 24.7 Å². The molecule has 1 heterocycles. The normalized spacial score (nSPS) is 17.4. The Kier molecular flexibility index (Phi) is 7.65. The van der Waals surface area contributed by atoms with Crippen LogP contribution in [0.2, 0.25) is 5.02 Å². The van der Waals surface area contributed by atoms with Crippen molar-refractivity contribution >= 4 is 17.5 Å². The summed E-state index contributed by atoms with van der Waals surface area (Å²) in [5.74, 6) is 0.855. The Labute approximate surface area is 142 Å². The van der Waals surface area contributed by atoms with Crippen LogP contribution in [0.15, 0.2) is 24.3 Å². The van der Waals surface area contributed by atoms with E-state index in [0.717, 1.165) is 38.2 Å². The molecule has 1 aliphatic heterocycles. The third kappa shape index (κ3) is 7.20. The Bertz CT molecular complexity index is 475. The smallest absolute Gasteiger partial charge is 0.234 e. The lowest BCUT2D eigenvalue weighted by Gasteiger charge is -2.17. The predicted octanol–water partition coefficient (Wildman–Crippen LogP) is 2.34. The molecule has 1 N–H and O–H groups in total. The van der Waals surface area contributed by atoms with Crippen molar-refractivity contribution < 1.29 is 14.3 Å². The van der Waals surface area contributed by atoms with Gasteiger partial charge in [0.25, 0.3) is 0 Å². The lowest BCUT2D eigenvalue weighted by molar-refractivity contribution is -0.122. The van der Waals surface area contributed by atoms with Crippen LogP contribution in [-0.2, 0) is 9.53 Å². The fourth-order valence-electron chi connectivity index (χ4n) is 2.47. The minimum atomic E-state index is 0.0432. The van der Waals surface area contributed by atoms with E-state index >= 15 is 0 Å². The molecule has 1 saturated heterocycles. The number of likely N-dealkylation sites (N-methyl/N-ethyl adjacent to an activating group) is 1. The molecule has 23 heavy (non-hydrogen) atoms.